The van der Waals surface area contributed by atoms with Gasteiger partial charge >= 0.3 is 0 Å². The van der Waals surface area contributed by atoms with Gasteiger partial charge in [0.25, 0.3) is 0 Å². The van der Waals surface area contributed by atoms with Gasteiger partial charge in [0, 0.05) is 18.1 Å². The molecule has 5 rings (SSSR count). The van der Waals surface area contributed by atoms with Gasteiger partial charge in [-0.1, -0.05) is 49.4 Å². The van der Waals surface area contributed by atoms with Crippen LogP contribution >= 0.6 is 0 Å². The summed E-state index contributed by atoms with van der Waals surface area (Å²) >= 11 is 0. The molecule has 160 valence electrons. The van der Waals surface area contributed by atoms with E-state index < -0.39 is 9.84 Å². The molecule has 2 nitrogen and oxygen atoms in total. The molecule has 0 heterocycles. The Hall–Kier alpha value is -2.46. The van der Waals surface area contributed by atoms with Gasteiger partial charge in [0.15, 0.2) is 9.84 Å². The molecule has 2 aromatic rings. The van der Waals surface area contributed by atoms with Crippen LogP contribution in [0.5, 0.6) is 0 Å². The van der Waals surface area contributed by atoms with Crippen LogP contribution in [0, 0.1) is 11.7 Å². The summed E-state index contributed by atoms with van der Waals surface area (Å²) in [6.45, 7) is 2.26. The zero-order chi connectivity index (χ0) is 21.8. The molecule has 0 bridgehead atoms. The molecular formula is C27H27FO2S. The summed E-state index contributed by atoms with van der Waals surface area (Å²) in [4.78, 5) is 0. The summed E-state index contributed by atoms with van der Waals surface area (Å²) in [6.07, 6.45) is 10.6. The van der Waals surface area contributed by atoms with E-state index in [-0.39, 0.29) is 17.5 Å². The van der Waals surface area contributed by atoms with Crippen LogP contribution in [-0.2, 0) is 15.6 Å². The first kappa shape index (κ1) is 20.4. The first-order chi connectivity index (χ1) is 14.8. The third kappa shape index (κ3) is 3.82. The van der Waals surface area contributed by atoms with E-state index in [1.807, 2.05) is 24.3 Å². The highest BCUT2D eigenvalue weighted by Crippen LogP contribution is 2.47. The second-order valence-corrected chi connectivity index (χ2v) is 11.3. The zero-order valence-electron chi connectivity index (χ0n) is 18.0. The highest BCUT2D eigenvalue weighted by atomic mass is 32.2. The lowest BCUT2D eigenvalue weighted by Gasteiger charge is -2.36. The molecule has 0 aromatic heterocycles. The molecule has 1 saturated carbocycles. The molecule has 31 heavy (non-hydrogen) atoms. The van der Waals surface area contributed by atoms with Crippen molar-refractivity contribution in [3.05, 3.63) is 92.6 Å². The lowest BCUT2D eigenvalue weighted by atomic mass is 9.68. The lowest BCUT2D eigenvalue weighted by Crippen LogP contribution is -2.36. The minimum atomic E-state index is -3.11. The average Bonchev–Trinajstić information content (AvgIpc) is 2.72. The Morgan fingerprint density at radius 1 is 0.968 bits per heavy atom. The van der Waals surface area contributed by atoms with Crippen LogP contribution in [0.25, 0.3) is 11.6 Å². The van der Waals surface area contributed by atoms with Gasteiger partial charge in [-0.05, 0) is 81.7 Å². The van der Waals surface area contributed by atoms with E-state index in [0.717, 1.165) is 29.2 Å². The highest BCUT2D eigenvalue weighted by Gasteiger charge is 2.32. The second kappa shape index (κ2) is 7.59. The summed E-state index contributed by atoms with van der Waals surface area (Å²) < 4.78 is 37.4. The van der Waals surface area contributed by atoms with Crippen molar-refractivity contribution in [3.63, 3.8) is 0 Å². The molecule has 2 unspecified atom stereocenters. The van der Waals surface area contributed by atoms with Crippen molar-refractivity contribution in [1.29, 1.82) is 0 Å². The predicted molar refractivity (Wildman–Crippen MR) is 124 cm³/mol. The van der Waals surface area contributed by atoms with Gasteiger partial charge in [-0.25, -0.2) is 12.8 Å². The Bertz CT molecular complexity index is 1340. The monoisotopic (exact) mass is 434 g/mol. The van der Waals surface area contributed by atoms with Crippen molar-refractivity contribution < 1.29 is 12.8 Å². The standard InChI is InChI=1S/C27H27FO2S/c1-17-13-20-5-3-4-6-23(20)27-25(19-8-10-22(28)11-9-19)15-21-14-18(16-31(2,29)30)7-12-24(21)26(17)27/h7-15,17,25H,3-6,16H2,1-2H3. The van der Waals surface area contributed by atoms with Gasteiger partial charge in [-0.3, -0.25) is 0 Å². The van der Waals surface area contributed by atoms with Crippen LogP contribution in [-0.4, -0.2) is 14.7 Å². The lowest BCUT2D eigenvalue weighted by molar-refractivity contribution is 0.601. The van der Waals surface area contributed by atoms with Crippen molar-refractivity contribution in [3.8, 4) is 0 Å². The minimum Gasteiger partial charge on any atom is -0.229 e. The SMILES string of the molecule is CC1C=C2CCCCC2=C2C1=c1ccc(CS(C)(=O)=O)cc1=CC2c1ccc(F)cc1. The van der Waals surface area contributed by atoms with E-state index in [9.17, 15) is 12.8 Å². The predicted octanol–water partition coefficient (Wildman–Crippen LogP) is 4.55. The van der Waals surface area contributed by atoms with Crippen molar-refractivity contribution in [2.75, 3.05) is 6.26 Å². The molecule has 0 aliphatic heterocycles. The third-order valence-electron chi connectivity index (χ3n) is 6.75. The van der Waals surface area contributed by atoms with Gasteiger partial charge in [0.1, 0.15) is 5.82 Å². The molecule has 3 aliphatic rings. The Balaban J connectivity index is 1.79. The van der Waals surface area contributed by atoms with Crippen molar-refractivity contribution in [2.45, 2.75) is 44.3 Å². The summed E-state index contributed by atoms with van der Waals surface area (Å²) in [5.74, 6) is 0.157. The van der Waals surface area contributed by atoms with Crippen molar-refractivity contribution in [2.24, 2.45) is 5.92 Å². The van der Waals surface area contributed by atoms with E-state index in [0.29, 0.717) is 5.92 Å². The molecule has 2 aromatic carbocycles. The Kier molecular flexibility index (Phi) is 5.01. The molecule has 0 N–H and O–H groups in total. The second-order valence-electron chi connectivity index (χ2n) is 9.18. The Labute approximate surface area is 183 Å². The van der Waals surface area contributed by atoms with E-state index in [4.69, 9.17) is 0 Å². The van der Waals surface area contributed by atoms with Crippen LogP contribution in [0.2, 0.25) is 0 Å². The van der Waals surface area contributed by atoms with Crippen LogP contribution in [0.3, 0.4) is 0 Å². The van der Waals surface area contributed by atoms with E-state index in [1.54, 1.807) is 0 Å². The molecule has 2 atom stereocenters. The van der Waals surface area contributed by atoms with Gasteiger partial charge in [-0.15, -0.1) is 0 Å². The maximum atomic E-state index is 13.7. The fraction of sp³-hybridized carbons (Fsp3) is 0.333. The molecular weight excluding hydrogens is 407 g/mol. The molecule has 3 aliphatic carbocycles. The maximum absolute atomic E-state index is 13.7. The van der Waals surface area contributed by atoms with Crippen LogP contribution in [0.1, 0.15) is 49.7 Å². The van der Waals surface area contributed by atoms with Gasteiger partial charge in [-0.2, -0.15) is 0 Å². The van der Waals surface area contributed by atoms with E-state index >= 15 is 0 Å². The summed E-state index contributed by atoms with van der Waals surface area (Å²) in [7, 11) is -3.11. The van der Waals surface area contributed by atoms with E-state index in [1.165, 1.54) is 58.7 Å². The Morgan fingerprint density at radius 3 is 2.45 bits per heavy atom. The highest BCUT2D eigenvalue weighted by molar-refractivity contribution is 7.89. The Morgan fingerprint density at radius 2 is 1.71 bits per heavy atom. The molecule has 1 fully saturated rings. The number of allylic oxidation sites excluding steroid dienone is 4. The van der Waals surface area contributed by atoms with Crippen LogP contribution < -0.4 is 10.4 Å². The van der Waals surface area contributed by atoms with Crippen LogP contribution in [0.4, 0.5) is 4.39 Å². The normalized spacial score (nSPS) is 22.8. The average molecular weight is 435 g/mol. The summed E-state index contributed by atoms with van der Waals surface area (Å²) in [6, 6.07) is 12.9. The summed E-state index contributed by atoms with van der Waals surface area (Å²) in [5.41, 5.74) is 7.58. The topological polar surface area (TPSA) is 34.1 Å². The van der Waals surface area contributed by atoms with Crippen LogP contribution in [0.15, 0.2) is 65.3 Å². The van der Waals surface area contributed by atoms with Crippen molar-refractivity contribution >= 4 is 21.5 Å². The molecule has 4 heteroatoms. The number of hydrogen-bond acceptors (Lipinski definition) is 2. The number of sulfone groups is 1. The van der Waals surface area contributed by atoms with E-state index in [2.05, 4.69) is 25.1 Å². The maximum Gasteiger partial charge on any atom is 0.151 e. The molecule has 0 saturated heterocycles. The first-order valence-electron chi connectivity index (χ1n) is 11.0. The minimum absolute atomic E-state index is 0.0399. The molecule has 0 amide bonds. The zero-order valence-corrected chi connectivity index (χ0v) is 18.8. The number of benzene rings is 2. The number of rotatable bonds is 3. The summed E-state index contributed by atoms with van der Waals surface area (Å²) in [5, 5.41) is 2.28. The number of fused-ring (bicyclic) bond motifs is 3. The fourth-order valence-electron chi connectivity index (χ4n) is 5.54. The fourth-order valence-corrected chi connectivity index (χ4v) is 6.33. The van der Waals surface area contributed by atoms with Gasteiger partial charge in [0.05, 0.1) is 5.75 Å². The van der Waals surface area contributed by atoms with Gasteiger partial charge < -0.3 is 0 Å². The first-order valence-corrected chi connectivity index (χ1v) is 13.1. The van der Waals surface area contributed by atoms with Crippen molar-refractivity contribution in [1.82, 2.24) is 0 Å². The quantitative estimate of drug-likeness (QED) is 0.711. The van der Waals surface area contributed by atoms with Gasteiger partial charge in [0.2, 0.25) is 0 Å². The smallest absolute Gasteiger partial charge is 0.151 e. The molecule has 0 radical (unpaired) electrons. The molecule has 0 spiro atoms. The third-order valence-corrected chi connectivity index (χ3v) is 7.61. The number of hydrogen-bond donors (Lipinski definition) is 0. The largest absolute Gasteiger partial charge is 0.229 e. The number of halogens is 1.